The third-order valence-electron chi connectivity index (χ3n) is 2.19. The van der Waals surface area contributed by atoms with E-state index in [0.29, 0.717) is 0 Å². The molecule has 0 aliphatic carbocycles. The predicted octanol–water partition coefficient (Wildman–Crippen LogP) is 2.99. The molecule has 0 nitrogen and oxygen atoms in total. The number of aryl methyl sites for hydroxylation is 2. The highest BCUT2D eigenvalue weighted by atomic mass is 14.0. The second-order valence-electron chi connectivity index (χ2n) is 3.12. The second-order valence-corrected chi connectivity index (χ2v) is 3.12. The lowest BCUT2D eigenvalue weighted by Gasteiger charge is -2.07. The summed E-state index contributed by atoms with van der Waals surface area (Å²) in [5.41, 5.74) is 5.49. The van der Waals surface area contributed by atoms with Gasteiger partial charge in [-0.25, -0.2) is 0 Å². The van der Waals surface area contributed by atoms with Crippen molar-refractivity contribution in [1.82, 2.24) is 0 Å². The molecule has 0 aliphatic rings. The average molecular weight is 147 g/mol. The molecule has 59 valence electrons. The first-order valence-corrected chi connectivity index (χ1v) is 4.01. The quantitative estimate of drug-likeness (QED) is 0.573. The number of hydrogen-bond donors (Lipinski definition) is 0. The van der Waals surface area contributed by atoms with E-state index in [2.05, 4.69) is 39.8 Å². The third kappa shape index (κ3) is 1.62. The molecule has 0 N–H and O–H groups in total. The smallest absolute Gasteiger partial charge is 0.0276 e. The average Bonchev–Trinajstić information content (AvgIpc) is 1.96. The zero-order valence-electron chi connectivity index (χ0n) is 7.57. The summed E-state index contributed by atoms with van der Waals surface area (Å²) in [5, 5.41) is 0. The van der Waals surface area contributed by atoms with Crippen LogP contribution in [0.1, 0.15) is 22.3 Å². The molecule has 0 amide bonds. The minimum atomic E-state index is 0.897. The van der Waals surface area contributed by atoms with E-state index in [1.54, 1.807) is 0 Å². The highest BCUT2D eigenvalue weighted by Gasteiger charge is 1.99. The summed E-state index contributed by atoms with van der Waals surface area (Å²) in [4.78, 5) is 0. The Kier molecular flexibility index (Phi) is 2.33. The lowest BCUT2D eigenvalue weighted by atomic mass is 9.99. The maximum atomic E-state index is 3.90. The maximum Gasteiger partial charge on any atom is -0.0276 e. The van der Waals surface area contributed by atoms with Gasteiger partial charge in [0.15, 0.2) is 0 Å². The fourth-order valence-electron chi connectivity index (χ4n) is 1.39. The van der Waals surface area contributed by atoms with Crippen molar-refractivity contribution in [3.8, 4) is 0 Å². The molecule has 0 bridgehead atoms. The van der Waals surface area contributed by atoms with E-state index in [-0.39, 0.29) is 0 Å². The van der Waals surface area contributed by atoms with Crippen molar-refractivity contribution in [2.24, 2.45) is 0 Å². The normalized spacial score (nSPS) is 10.2. The minimum absolute atomic E-state index is 0.897. The van der Waals surface area contributed by atoms with E-state index in [0.717, 1.165) is 6.42 Å². The molecule has 0 saturated heterocycles. The number of hydrogen-bond acceptors (Lipinski definition) is 0. The van der Waals surface area contributed by atoms with Gasteiger partial charge in [0.1, 0.15) is 0 Å². The molecule has 0 heterocycles. The summed E-state index contributed by atoms with van der Waals surface area (Å²) in [6, 6.07) is 4.43. The minimum Gasteiger partial charge on any atom is -0.0561 e. The van der Waals surface area contributed by atoms with Crippen LogP contribution in [0.3, 0.4) is 0 Å². The van der Waals surface area contributed by atoms with Gasteiger partial charge in [-0.15, -0.1) is 0 Å². The van der Waals surface area contributed by atoms with Gasteiger partial charge in [0.25, 0.3) is 0 Å². The van der Waals surface area contributed by atoms with Crippen molar-refractivity contribution < 1.29 is 0 Å². The standard InChI is InChI=1S/C11H15/c1-5-11-7-8(2)6-9(3)10(11)4/h6-7H,1,5H2,2-4H3. The van der Waals surface area contributed by atoms with Crippen LogP contribution >= 0.6 is 0 Å². The molecule has 1 aromatic rings. The van der Waals surface area contributed by atoms with Crippen LogP contribution in [0.4, 0.5) is 0 Å². The molecule has 0 fully saturated rings. The zero-order valence-corrected chi connectivity index (χ0v) is 7.57. The van der Waals surface area contributed by atoms with E-state index in [4.69, 9.17) is 0 Å². The first-order chi connectivity index (χ1) is 5.15. The molecule has 0 heteroatoms. The molecule has 0 aliphatic heterocycles. The Labute approximate surface area is 69.3 Å². The van der Waals surface area contributed by atoms with E-state index in [9.17, 15) is 0 Å². The van der Waals surface area contributed by atoms with E-state index in [1.807, 2.05) is 0 Å². The molecule has 0 spiro atoms. The summed E-state index contributed by atoms with van der Waals surface area (Å²) >= 11 is 0. The van der Waals surface area contributed by atoms with Gasteiger partial charge in [-0.1, -0.05) is 17.7 Å². The Morgan fingerprint density at radius 3 is 2.36 bits per heavy atom. The van der Waals surface area contributed by atoms with Crippen molar-refractivity contribution >= 4 is 0 Å². The largest absolute Gasteiger partial charge is 0.0561 e. The maximum absolute atomic E-state index is 3.90. The van der Waals surface area contributed by atoms with Crippen LogP contribution in [0.2, 0.25) is 0 Å². The SMILES string of the molecule is [CH2]Cc1cc(C)cc(C)c1C. The van der Waals surface area contributed by atoms with Gasteiger partial charge in [-0.2, -0.15) is 0 Å². The summed E-state index contributed by atoms with van der Waals surface area (Å²) in [6.07, 6.45) is 0.897. The third-order valence-corrected chi connectivity index (χ3v) is 2.19. The summed E-state index contributed by atoms with van der Waals surface area (Å²) in [7, 11) is 0. The summed E-state index contributed by atoms with van der Waals surface area (Å²) in [6.45, 7) is 10.3. The predicted molar refractivity (Wildman–Crippen MR) is 49.7 cm³/mol. The van der Waals surface area contributed by atoms with Crippen LogP contribution in [0.15, 0.2) is 12.1 Å². The number of rotatable bonds is 1. The molecule has 0 aromatic heterocycles. The van der Waals surface area contributed by atoms with Gasteiger partial charge in [-0.05, 0) is 50.8 Å². The van der Waals surface area contributed by atoms with Crippen LogP contribution in [0, 0.1) is 27.7 Å². The topological polar surface area (TPSA) is 0 Å². The van der Waals surface area contributed by atoms with Crippen LogP contribution in [0.25, 0.3) is 0 Å². The van der Waals surface area contributed by atoms with Crippen LogP contribution in [-0.4, -0.2) is 0 Å². The molecule has 1 radical (unpaired) electrons. The van der Waals surface area contributed by atoms with Crippen LogP contribution in [0.5, 0.6) is 0 Å². The van der Waals surface area contributed by atoms with Gasteiger partial charge in [-0.3, -0.25) is 0 Å². The molecule has 1 rings (SSSR count). The summed E-state index contributed by atoms with van der Waals surface area (Å²) in [5.74, 6) is 0. The summed E-state index contributed by atoms with van der Waals surface area (Å²) < 4.78 is 0. The van der Waals surface area contributed by atoms with Gasteiger partial charge in [0.05, 0.1) is 0 Å². The fraction of sp³-hybridized carbons (Fsp3) is 0.364. The van der Waals surface area contributed by atoms with Gasteiger partial charge in [0.2, 0.25) is 0 Å². The van der Waals surface area contributed by atoms with Crippen molar-refractivity contribution in [3.63, 3.8) is 0 Å². The van der Waals surface area contributed by atoms with Gasteiger partial charge < -0.3 is 0 Å². The highest BCUT2D eigenvalue weighted by Crippen LogP contribution is 2.15. The Balaban J connectivity index is 3.24. The lowest BCUT2D eigenvalue weighted by molar-refractivity contribution is 1.16. The van der Waals surface area contributed by atoms with Gasteiger partial charge >= 0.3 is 0 Å². The van der Waals surface area contributed by atoms with Crippen molar-refractivity contribution in [2.45, 2.75) is 27.2 Å². The monoisotopic (exact) mass is 147 g/mol. The highest BCUT2D eigenvalue weighted by molar-refractivity contribution is 5.37. The molecular formula is C11H15. The zero-order chi connectivity index (χ0) is 8.43. The Morgan fingerprint density at radius 2 is 1.82 bits per heavy atom. The Morgan fingerprint density at radius 1 is 1.18 bits per heavy atom. The van der Waals surface area contributed by atoms with Crippen LogP contribution < -0.4 is 0 Å². The van der Waals surface area contributed by atoms with E-state index >= 15 is 0 Å². The molecule has 0 unspecified atom stereocenters. The van der Waals surface area contributed by atoms with Crippen LogP contribution in [-0.2, 0) is 6.42 Å². The second kappa shape index (κ2) is 3.08. The first-order valence-electron chi connectivity index (χ1n) is 4.01. The molecule has 1 aromatic carbocycles. The number of benzene rings is 1. The molecule has 11 heavy (non-hydrogen) atoms. The molecule has 0 saturated carbocycles. The molecular weight excluding hydrogens is 132 g/mol. The van der Waals surface area contributed by atoms with Crippen molar-refractivity contribution in [2.75, 3.05) is 0 Å². The fourth-order valence-corrected chi connectivity index (χ4v) is 1.39. The van der Waals surface area contributed by atoms with Crippen molar-refractivity contribution in [1.29, 1.82) is 0 Å². The van der Waals surface area contributed by atoms with E-state index in [1.165, 1.54) is 22.3 Å². The first kappa shape index (κ1) is 8.32. The van der Waals surface area contributed by atoms with E-state index < -0.39 is 0 Å². The molecule has 0 atom stereocenters. The Hall–Kier alpha value is -0.780. The van der Waals surface area contributed by atoms with Gasteiger partial charge in [0, 0.05) is 0 Å². The lowest BCUT2D eigenvalue weighted by Crippen LogP contribution is -1.91. The van der Waals surface area contributed by atoms with Crippen molar-refractivity contribution in [3.05, 3.63) is 41.3 Å². The Bertz CT molecular complexity index is 259.